The van der Waals surface area contributed by atoms with E-state index in [0.29, 0.717) is 13.0 Å². The molecule has 21 heavy (non-hydrogen) atoms. The first kappa shape index (κ1) is 15.5. The molecule has 0 spiro atoms. The molecule has 7 heteroatoms. The molecule has 2 unspecified atom stereocenters. The summed E-state index contributed by atoms with van der Waals surface area (Å²) >= 11 is 0. The van der Waals surface area contributed by atoms with Gasteiger partial charge in [-0.25, -0.2) is 4.79 Å². The van der Waals surface area contributed by atoms with Gasteiger partial charge in [0.05, 0.1) is 11.8 Å². The van der Waals surface area contributed by atoms with E-state index in [1.54, 1.807) is 12.1 Å². The Morgan fingerprint density at radius 2 is 2.19 bits per heavy atom. The first-order valence-electron chi connectivity index (χ1n) is 6.75. The van der Waals surface area contributed by atoms with Crippen molar-refractivity contribution in [3.8, 4) is 5.75 Å². The van der Waals surface area contributed by atoms with Gasteiger partial charge in [0.1, 0.15) is 5.75 Å². The molecule has 1 aromatic rings. The minimum absolute atomic E-state index is 0.0909. The van der Waals surface area contributed by atoms with Crippen molar-refractivity contribution in [2.45, 2.75) is 26.1 Å². The molecule has 116 valence electrons. The molecule has 0 aliphatic carbocycles. The largest absolute Gasteiger partial charge is 0.433 e. The highest BCUT2D eigenvalue weighted by Crippen LogP contribution is 2.26. The van der Waals surface area contributed by atoms with Gasteiger partial charge in [0, 0.05) is 13.1 Å². The number of urea groups is 1. The fourth-order valence-electron chi connectivity index (χ4n) is 2.20. The standard InChI is InChI=1S/C14H18F2N2O3/c1-9-6-7-18(8-11(9)19)14(20)17-10-4-2-3-5-12(10)21-13(15)16/h2-5,9,11,13,19H,6-8H2,1H3,(H,17,20). The zero-order valence-electron chi connectivity index (χ0n) is 11.6. The number of anilines is 1. The summed E-state index contributed by atoms with van der Waals surface area (Å²) in [6.45, 7) is -0.293. The van der Waals surface area contributed by atoms with Crippen LogP contribution in [0.1, 0.15) is 13.3 Å². The van der Waals surface area contributed by atoms with Gasteiger partial charge in [-0.3, -0.25) is 0 Å². The third-order valence-electron chi connectivity index (χ3n) is 3.55. The van der Waals surface area contributed by atoms with Gasteiger partial charge in [-0.1, -0.05) is 19.1 Å². The van der Waals surface area contributed by atoms with E-state index >= 15 is 0 Å². The third kappa shape index (κ3) is 4.04. The first-order chi connectivity index (χ1) is 9.97. The predicted molar refractivity (Wildman–Crippen MR) is 73.5 cm³/mol. The number of aliphatic hydroxyl groups excluding tert-OH is 1. The maximum Gasteiger partial charge on any atom is 0.387 e. The summed E-state index contributed by atoms with van der Waals surface area (Å²) in [6.07, 6.45) is 0.126. The number of halogens is 2. The Hall–Kier alpha value is -1.89. The second kappa shape index (κ2) is 6.71. The number of aliphatic hydroxyl groups is 1. The fraction of sp³-hybridized carbons (Fsp3) is 0.500. The number of hydrogen-bond acceptors (Lipinski definition) is 3. The highest BCUT2D eigenvalue weighted by atomic mass is 19.3. The number of alkyl halides is 2. The van der Waals surface area contributed by atoms with E-state index in [9.17, 15) is 18.7 Å². The summed E-state index contributed by atoms with van der Waals surface area (Å²) in [7, 11) is 0. The third-order valence-corrected chi connectivity index (χ3v) is 3.55. The van der Waals surface area contributed by atoms with E-state index in [4.69, 9.17) is 0 Å². The number of carbonyl (C=O) groups is 1. The molecule has 0 aromatic heterocycles. The molecular formula is C14H18F2N2O3. The molecule has 1 heterocycles. The highest BCUT2D eigenvalue weighted by molar-refractivity contribution is 5.91. The van der Waals surface area contributed by atoms with Crippen LogP contribution in [0.25, 0.3) is 0 Å². The van der Waals surface area contributed by atoms with Gasteiger partial charge in [-0.2, -0.15) is 8.78 Å². The summed E-state index contributed by atoms with van der Waals surface area (Å²) in [6, 6.07) is 5.56. The lowest BCUT2D eigenvalue weighted by Gasteiger charge is -2.34. The Kier molecular flexibility index (Phi) is 4.95. The lowest BCUT2D eigenvalue weighted by atomic mass is 9.96. The van der Waals surface area contributed by atoms with Crippen LogP contribution in [0.3, 0.4) is 0 Å². The summed E-state index contributed by atoms with van der Waals surface area (Å²) < 4.78 is 29.0. The number of carbonyl (C=O) groups excluding carboxylic acids is 1. The van der Waals surface area contributed by atoms with Crippen LogP contribution in [-0.2, 0) is 0 Å². The molecule has 1 aromatic carbocycles. The van der Waals surface area contributed by atoms with E-state index < -0.39 is 18.7 Å². The van der Waals surface area contributed by atoms with Crippen molar-refractivity contribution < 1.29 is 23.4 Å². The van der Waals surface area contributed by atoms with Crippen LogP contribution in [-0.4, -0.2) is 41.8 Å². The van der Waals surface area contributed by atoms with Crippen LogP contribution in [0.4, 0.5) is 19.3 Å². The Morgan fingerprint density at radius 1 is 1.48 bits per heavy atom. The van der Waals surface area contributed by atoms with Crippen molar-refractivity contribution >= 4 is 11.7 Å². The molecule has 1 fully saturated rings. The van der Waals surface area contributed by atoms with Gasteiger partial charge in [0.25, 0.3) is 0 Å². The molecule has 1 aliphatic heterocycles. The summed E-state index contributed by atoms with van der Waals surface area (Å²) in [5, 5.41) is 12.3. The number of hydrogen-bond donors (Lipinski definition) is 2. The van der Waals surface area contributed by atoms with Gasteiger partial charge < -0.3 is 20.1 Å². The van der Waals surface area contributed by atoms with Crippen LogP contribution in [0.5, 0.6) is 5.75 Å². The summed E-state index contributed by atoms with van der Waals surface area (Å²) in [4.78, 5) is 13.6. The van der Waals surface area contributed by atoms with Crippen LogP contribution in [0.15, 0.2) is 24.3 Å². The number of benzene rings is 1. The zero-order valence-corrected chi connectivity index (χ0v) is 11.6. The minimum atomic E-state index is -2.96. The van der Waals surface area contributed by atoms with Crippen LogP contribution >= 0.6 is 0 Å². The maximum atomic E-state index is 12.3. The molecule has 2 atom stereocenters. The number of ether oxygens (including phenoxy) is 1. The number of nitrogens with one attached hydrogen (secondary N) is 1. The molecule has 2 N–H and O–H groups in total. The molecule has 0 saturated carbocycles. The Bertz CT molecular complexity index is 499. The first-order valence-corrected chi connectivity index (χ1v) is 6.75. The highest BCUT2D eigenvalue weighted by Gasteiger charge is 2.27. The number of nitrogens with zero attached hydrogens (tertiary/aromatic N) is 1. The number of amides is 2. The van der Waals surface area contributed by atoms with E-state index in [0.717, 1.165) is 0 Å². The summed E-state index contributed by atoms with van der Waals surface area (Å²) in [5.41, 5.74) is 0.177. The Labute approximate surface area is 121 Å². The van der Waals surface area contributed by atoms with Gasteiger partial charge >= 0.3 is 12.6 Å². The number of para-hydroxylation sites is 2. The fourth-order valence-corrected chi connectivity index (χ4v) is 2.20. The minimum Gasteiger partial charge on any atom is -0.433 e. The monoisotopic (exact) mass is 300 g/mol. The molecule has 1 aliphatic rings. The number of piperidine rings is 1. The SMILES string of the molecule is CC1CCN(C(=O)Nc2ccccc2OC(F)F)CC1O. The Balaban J connectivity index is 2.03. The van der Waals surface area contributed by atoms with Gasteiger partial charge in [0.2, 0.25) is 0 Å². The molecule has 2 rings (SSSR count). The van der Waals surface area contributed by atoms with Gasteiger partial charge in [0.15, 0.2) is 0 Å². The van der Waals surface area contributed by atoms with E-state index in [-0.39, 0.29) is 23.9 Å². The van der Waals surface area contributed by atoms with E-state index in [1.807, 2.05) is 6.92 Å². The Morgan fingerprint density at radius 3 is 2.86 bits per heavy atom. The van der Waals surface area contributed by atoms with Crippen molar-refractivity contribution in [2.75, 3.05) is 18.4 Å². The van der Waals surface area contributed by atoms with Crippen molar-refractivity contribution in [3.63, 3.8) is 0 Å². The van der Waals surface area contributed by atoms with E-state index in [2.05, 4.69) is 10.1 Å². The molecule has 2 amide bonds. The predicted octanol–water partition coefficient (Wildman–Crippen LogP) is 2.52. The zero-order chi connectivity index (χ0) is 15.4. The van der Waals surface area contributed by atoms with Crippen molar-refractivity contribution in [3.05, 3.63) is 24.3 Å². The van der Waals surface area contributed by atoms with Crippen LogP contribution < -0.4 is 10.1 Å². The second-order valence-corrected chi connectivity index (χ2v) is 5.08. The maximum absolute atomic E-state index is 12.3. The molecule has 5 nitrogen and oxygen atoms in total. The van der Waals surface area contributed by atoms with Gasteiger partial charge in [-0.05, 0) is 24.5 Å². The number of rotatable bonds is 3. The number of β-amino-alcohol motifs (C(OH)–C–C–N with tert-alkyl or cyclic N) is 1. The molecule has 1 saturated heterocycles. The average Bonchev–Trinajstić information content (AvgIpc) is 2.43. The molecular weight excluding hydrogens is 282 g/mol. The average molecular weight is 300 g/mol. The van der Waals surface area contributed by atoms with Crippen molar-refractivity contribution in [1.29, 1.82) is 0 Å². The van der Waals surface area contributed by atoms with Crippen molar-refractivity contribution in [1.82, 2.24) is 4.90 Å². The second-order valence-electron chi connectivity index (χ2n) is 5.08. The van der Waals surface area contributed by atoms with Crippen LogP contribution in [0.2, 0.25) is 0 Å². The topological polar surface area (TPSA) is 61.8 Å². The number of likely N-dealkylation sites (tertiary alicyclic amines) is 1. The smallest absolute Gasteiger partial charge is 0.387 e. The van der Waals surface area contributed by atoms with Crippen molar-refractivity contribution in [2.24, 2.45) is 5.92 Å². The normalized spacial score (nSPS) is 22.2. The quantitative estimate of drug-likeness (QED) is 0.901. The lowest BCUT2D eigenvalue weighted by Crippen LogP contribution is -2.47. The summed E-state index contributed by atoms with van der Waals surface area (Å²) in [5.74, 6) is 0.0512. The van der Waals surface area contributed by atoms with Crippen LogP contribution in [0, 0.1) is 5.92 Å². The van der Waals surface area contributed by atoms with E-state index in [1.165, 1.54) is 17.0 Å². The lowest BCUT2D eigenvalue weighted by molar-refractivity contribution is -0.0493. The molecule has 0 bridgehead atoms. The molecule has 0 radical (unpaired) electrons. The van der Waals surface area contributed by atoms with Gasteiger partial charge in [-0.15, -0.1) is 0 Å².